The molecule has 0 aliphatic carbocycles. The molecule has 2 aromatic rings. The lowest BCUT2D eigenvalue weighted by Crippen LogP contribution is -2.25. The SMILES string of the molecule is CC(C(=O)O)c1cc2ccccc2n(C)c1=O. The molecule has 0 saturated carbocycles. The third-order valence-corrected chi connectivity index (χ3v) is 3.00. The number of carboxylic acid groups (broad SMARTS) is 1. The minimum absolute atomic E-state index is 0.251. The minimum Gasteiger partial charge on any atom is -0.481 e. The Morgan fingerprint density at radius 1 is 1.35 bits per heavy atom. The summed E-state index contributed by atoms with van der Waals surface area (Å²) in [6.45, 7) is 1.52. The van der Waals surface area contributed by atoms with Gasteiger partial charge >= 0.3 is 5.97 Å². The van der Waals surface area contributed by atoms with Gasteiger partial charge < -0.3 is 9.67 Å². The molecule has 0 spiro atoms. The van der Waals surface area contributed by atoms with Crippen LogP contribution in [0, 0.1) is 0 Å². The Morgan fingerprint density at radius 3 is 2.65 bits per heavy atom. The van der Waals surface area contributed by atoms with Crippen LogP contribution in [0.5, 0.6) is 0 Å². The maximum Gasteiger partial charge on any atom is 0.310 e. The van der Waals surface area contributed by atoms with Crippen molar-refractivity contribution in [1.29, 1.82) is 0 Å². The summed E-state index contributed by atoms with van der Waals surface area (Å²) in [6, 6.07) is 9.08. The van der Waals surface area contributed by atoms with Crippen LogP contribution in [-0.4, -0.2) is 15.6 Å². The lowest BCUT2D eigenvalue weighted by molar-refractivity contribution is -0.138. The van der Waals surface area contributed by atoms with E-state index in [9.17, 15) is 9.59 Å². The maximum absolute atomic E-state index is 12.0. The first-order valence-electron chi connectivity index (χ1n) is 5.34. The number of rotatable bonds is 2. The summed E-state index contributed by atoms with van der Waals surface area (Å²) in [5.41, 5.74) is 0.871. The molecule has 0 amide bonds. The molecule has 1 unspecified atom stereocenters. The van der Waals surface area contributed by atoms with Crippen LogP contribution >= 0.6 is 0 Å². The number of aryl methyl sites for hydroxylation is 1. The second-order valence-corrected chi connectivity index (χ2v) is 4.08. The van der Waals surface area contributed by atoms with Crippen molar-refractivity contribution < 1.29 is 9.90 Å². The predicted octanol–water partition coefficient (Wildman–Crippen LogP) is 1.73. The van der Waals surface area contributed by atoms with Gasteiger partial charge in [0, 0.05) is 12.6 Å². The molecule has 1 heterocycles. The fraction of sp³-hybridized carbons (Fsp3) is 0.231. The summed E-state index contributed by atoms with van der Waals surface area (Å²) >= 11 is 0. The van der Waals surface area contributed by atoms with E-state index in [0.717, 1.165) is 10.9 Å². The lowest BCUT2D eigenvalue weighted by Gasteiger charge is -2.11. The van der Waals surface area contributed by atoms with Gasteiger partial charge in [0.1, 0.15) is 0 Å². The quantitative estimate of drug-likeness (QED) is 0.856. The zero-order valence-corrected chi connectivity index (χ0v) is 9.68. The van der Waals surface area contributed by atoms with Crippen molar-refractivity contribution in [2.45, 2.75) is 12.8 Å². The van der Waals surface area contributed by atoms with E-state index in [1.807, 2.05) is 24.3 Å². The number of para-hydroxylation sites is 1. The van der Waals surface area contributed by atoms with Crippen LogP contribution in [0.3, 0.4) is 0 Å². The number of carboxylic acids is 1. The number of nitrogens with zero attached hydrogens (tertiary/aromatic N) is 1. The van der Waals surface area contributed by atoms with Crippen molar-refractivity contribution in [3.8, 4) is 0 Å². The number of benzene rings is 1. The first kappa shape index (κ1) is 11.4. The summed E-state index contributed by atoms with van der Waals surface area (Å²) in [5.74, 6) is -1.78. The predicted molar refractivity (Wildman–Crippen MR) is 65.2 cm³/mol. The standard InChI is InChI=1S/C13H13NO3/c1-8(13(16)17)10-7-9-5-3-4-6-11(9)14(2)12(10)15/h3-8H,1-2H3,(H,16,17). The van der Waals surface area contributed by atoms with Crippen molar-refractivity contribution >= 4 is 16.9 Å². The second kappa shape index (κ2) is 4.05. The van der Waals surface area contributed by atoms with Crippen LogP contribution < -0.4 is 5.56 Å². The Kier molecular flexibility index (Phi) is 2.71. The maximum atomic E-state index is 12.0. The minimum atomic E-state index is -0.989. The monoisotopic (exact) mass is 231 g/mol. The Bertz CT molecular complexity index is 643. The molecule has 1 aromatic heterocycles. The molecule has 88 valence electrons. The van der Waals surface area contributed by atoms with Gasteiger partial charge in [-0.3, -0.25) is 9.59 Å². The number of carbonyl (C=O) groups is 1. The van der Waals surface area contributed by atoms with Crippen molar-refractivity contribution in [1.82, 2.24) is 4.57 Å². The van der Waals surface area contributed by atoms with Gasteiger partial charge in [-0.2, -0.15) is 0 Å². The van der Waals surface area contributed by atoms with Crippen LogP contribution in [0.15, 0.2) is 35.1 Å². The molecule has 0 aliphatic heterocycles. The van der Waals surface area contributed by atoms with Crippen molar-refractivity contribution in [3.63, 3.8) is 0 Å². The molecule has 2 rings (SSSR count). The van der Waals surface area contributed by atoms with E-state index in [1.165, 1.54) is 11.5 Å². The lowest BCUT2D eigenvalue weighted by atomic mass is 10.0. The van der Waals surface area contributed by atoms with Crippen LogP contribution in [-0.2, 0) is 11.8 Å². The van der Waals surface area contributed by atoms with Crippen LogP contribution in [0.1, 0.15) is 18.4 Å². The smallest absolute Gasteiger partial charge is 0.310 e. The second-order valence-electron chi connectivity index (χ2n) is 4.08. The molecule has 0 fully saturated rings. The normalized spacial score (nSPS) is 12.6. The van der Waals surface area contributed by atoms with Crippen molar-refractivity contribution in [3.05, 3.63) is 46.2 Å². The number of pyridine rings is 1. The van der Waals surface area contributed by atoms with Crippen molar-refractivity contribution in [2.24, 2.45) is 7.05 Å². The average Bonchev–Trinajstić information content (AvgIpc) is 2.33. The molecular weight excluding hydrogens is 218 g/mol. The molecule has 0 saturated heterocycles. The van der Waals surface area contributed by atoms with Gasteiger partial charge in [-0.25, -0.2) is 0 Å². The van der Waals surface area contributed by atoms with E-state index >= 15 is 0 Å². The summed E-state index contributed by atoms with van der Waals surface area (Å²) in [4.78, 5) is 23.0. The molecule has 1 N–H and O–H groups in total. The molecule has 4 nitrogen and oxygen atoms in total. The van der Waals surface area contributed by atoms with E-state index in [2.05, 4.69) is 0 Å². The van der Waals surface area contributed by atoms with E-state index < -0.39 is 11.9 Å². The van der Waals surface area contributed by atoms with E-state index in [1.54, 1.807) is 13.1 Å². The highest BCUT2D eigenvalue weighted by atomic mass is 16.4. The molecule has 1 aromatic carbocycles. The molecule has 4 heteroatoms. The van der Waals surface area contributed by atoms with Crippen LogP contribution in [0.2, 0.25) is 0 Å². The van der Waals surface area contributed by atoms with Gasteiger partial charge in [0.05, 0.1) is 11.4 Å². The largest absolute Gasteiger partial charge is 0.481 e. The van der Waals surface area contributed by atoms with E-state index in [4.69, 9.17) is 5.11 Å². The molecule has 0 aliphatic rings. The molecule has 17 heavy (non-hydrogen) atoms. The summed E-state index contributed by atoms with van der Waals surface area (Å²) in [6.07, 6.45) is 0. The van der Waals surface area contributed by atoms with Crippen LogP contribution in [0.4, 0.5) is 0 Å². The zero-order chi connectivity index (χ0) is 12.6. The number of hydrogen-bond acceptors (Lipinski definition) is 2. The number of fused-ring (bicyclic) bond motifs is 1. The molecular formula is C13H13NO3. The van der Waals surface area contributed by atoms with Gasteiger partial charge in [-0.15, -0.1) is 0 Å². The number of aromatic nitrogens is 1. The van der Waals surface area contributed by atoms with Gasteiger partial charge in [0.15, 0.2) is 0 Å². The average molecular weight is 231 g/mol. The fourth-order valence-electron chi connectivity index (χ4n) is 1.89. The van der Waals surface area contributed by atoms with Crippen LogP contribution in [0.25, 0.3) is 10.9 Å². The Hall–Kier alpha value is -2.10. The summed E-state index contributed by atoms with van der Waals surface area (Å²) in [5, 5.41) is 9.85. The van der Waals surface area contributed by atoms with Gasteiger partial charge in [0.25, 0.3) is 5.56 Å². The Labute approximate surface area is 98.1 Å². The van der Waals surface area contributed by atoms with E-state index in [0.29, 0.717) is 5.56 Å². The highest BCUT2D eigenvalue weighted by Crippen LogP contribution is 2.17. The molecule has 0 radical (unpaired) electrons. The summed E-state index contributed by atoms with van der Waals surface area (Å²) < 4.78 is 1.49. The Morgan fingerprint density at radius 2 is 2.00 bits per heavy atom. The third kappa shape index (κ3) is 1.82. The third-order valence-electron chi connectivity index (χ3n) is 3.00. The van der Waals surface area contributed by atoms with Gasteiger partial charge in [-0.05, 0) is 24.4 Å². The number of hydrogen-bond donors (Lipinski definition) is 1. The fourth-order valence-corrected chi connectivity index (χ4v) is 1.89. The first-order valence-corrected chi connectivity index (χ1v) is 5.34. The summed E-state index contributed by atoms with van der Waals surface area (Å²) in [7, 11) is 1.66. The first-order chi connectivity index (χ1) is 8.02. The number of aliphatic carboxylic acids is 1. The van der Waals surface area contributed by atoms with Gasteiger partial charge in [-0.1, -0.05) is 18.2 Å². The Balaban J connectivity index is 2.79. The van der Waals surface area contributed by atoms with Gasteiger partial charge in [0.2, 0.25) is 0 Å². The topological polar surface area (TPSA) is 59.3 Å². The highest BCUT2D eigenvalue weighted by Gasteiger charge is 2.18. The zero-order valence-electron chi connectivity index (χ0n) is 9.68. The van der Waals surface area contributed by atoms with Crippen molar-refractivity contribution in [2.75, 3.05) is 0 Å². The highest BCUT2D eigenvalue weighted by molar-refractivity contribution is 5.82. The van der Waals surface area contributed by atoms with E-state index in [-0.39, 0.29) is 5.56 Å². The molecule has 1 atom stereocenters. The molecule has 0 bridgehead atoms.